The van der Waals surface area contributed by atoms with E-state index in [2.05, 4.69) is 15.5 Å². The van der Waals surface area contributed by atoms with Gasteiger partial charge < -0.3 is 9.73 Å². The van der Waals surface area contributed by atoms with Gasteiger partial charge in [0.1, 0.15) is 23.5 Å². The normalized spacial score (nSPS) is 11.8. The number of fused-ring (bicyclic) bond motifs is 2. The topological polar surface area (TPSA) is 110 Å². The molecule has 5 rings (SSSR count). The lowest BCUT2D eigenvalue weighted by atomic mass is 9.99. The first-order valence-corrected chi connectivity index (χ1v) is 12.3. The number of carbonyl (C=O) groups is 1. The van der Waals surface area contributed by atoms with Gasteiger partial charge in [-0.3, -0.25) is 13.5 Å². The van der Waals surface area contributed by atoms with Crippen molar-refractivity contribution in [2.75, 3.05) is 24.7 Å². The van der Waals surface area contributed by atoms with Gasteiger partial charge in [0.25, 0.3) is 5.91 Å². The van der Waals surface area contributed by atoms with Gasteiger partial charge in [-0.1, -0.05) is 0 Å². The molecule has 178 valence electrons. The second kappa shape index (κ2) is 8.20. The number of nitrogens with zero attached hydrogens (tertiary/aromatic N) is 4. The SMILES string of the molecule is CNC(=O)c1c(-c2ccc(F)cc2)oc2cc(N(C)S(C)(=O)=O)c(-c3ccc4nncn4c3)cc12. The van der Waals surface area contributed by atoms with E-state index in [0.29, 0.717) is 39.0 Å². The number of aromatic nitrogens is 3. The van der Waals surface area contributed by atoms with Gasteiger partial charge in [-0.05, 0) is 42.5 Å². The minimum Gasteiger partial charge on any atom is -0.455 e. The molecule has 0 atom stereocenters. The zero-order valence-corrected chi connectivity index (χ0v) is 19.8. The molecule has 0 spiro atoms. The van der Waals surface area contributed by atoms with Crippen LogP contribution in [0.3, 0.4) is 0 Å². The molecule has 2 aromatic carbocycles. The molecule has 0 aliphatic carbocycles. The number of rotatable bonds is 5. The van der Waals surface area contributed by atoms with Crippen LogP contribution in [-0.4, -0.2) is 49.3 Å². The largest absolute Gasteiger partial charge is 0.455 e. The highest BCUT2D eigenvalue weighted by molar-refractivity contribution is 7.92. The third-order valence-corrected chi connectivity index (χ3v) is 7.00. The highest BCUT2D eigenvalue weighted by Gasteiger charge is 2.26. The van der Waals surface area contributed by atoms with Crippen LogP contribution in [-0.2, 0) is 10.0 Å². The van der Waals surface area contributed by atoms with Crippen LogP contribution in [0.4, 0.5) is 10.1 Å². The Bertz CT molecular complexity index is 1710. The van der Waals surface area contributed by atoms with Crippen LogP contribution in [0.15, 0.2) is 65.5 Å². The second-order valence-electron chi connectivity index (χ2n) is 8.00. The van der Waals surface area contributed by atoms with Crippen molar-refractivity contribution in [1.29, 1.82) is 0 Å². The molecular weight excluding hydrogens is 473 g/mol. The number of hydrogen-bond acceptors (Lipinski definition) is 6. The van der Waals surface area contributed by atoms with Crippen LogP contribution in [0.5, 0.6) is 0 Å². The van der Waals surface area contributed by atoms with Gasteiger partial charge in [-0.25, -0.2) is 12.8 Å². The molecule has 3 aromatic heterocycles. The van der Waals surface area contributed by atoms with Crippen molar-refractivity contribution < 1.29 is 22.0 Å². The van der Waals surface area contributed by atoms with E-state index < -0.39 is 21.7 Å². The van der Waals surface area contributed by atoms with Gasteiger partial charge in [0, 0.05) is 48.4 Å². The minimum absolute atomic E-state index is 0.249. The average molecular weight is 494 g/mol. The molecule has 1 amide bonds. The Kier molecular flexibility index (Phi) is 5.28. The van der Waals surface area contributed by atoms with Crippen molar-refractivity contribution in [3.8, 4) is 22.5 Å². The fraction of sp³-hybridized carbons (Fsp3) is 0.125. The van der Waals surface area contributed by atoms with E-state index in [1.165, 1.54) is 44.7 Å². The number of benzene rings is 2. The Morgan fingerprint density at radius 2 is 1.83 bits per heavy atom. The van der Waals surface area contributed by atoms with E-state index >= 15 is 0 Å². The van der Waals surface area contributed by atoms with Crippen LogP contribution in [0.2, 0.25) is 0 Å². The number of carbonyl (C=O) groups excluding carboxylic acids is 1. The molecule has 11 heteroatoms. The quantitative estimate of drug-likeness (QED) is 0.400. The van der Waals surface area contributed by atoms with Crippen molar-refractivity contribution in [1.82, 2.24) is 19.9 Å². The molecule has 0 saturated carbocycles. The van der Waals surface area contributed by atoms with Gasteiger partial charge in [-0.2, -0.15) is 0 Å². The van der Waals surface area contributed by atoms with Gasteiger partial charge in [0.2, 0.25) is 10.0 Å². The second-order valence-corrected chi connectivity index (χ2v) is 10.0. The molecule has 0 radical (unpaired) electrons. The number of amides is 1. The monoisotopic (exact) mass is 493 g/mol. The molecule has 1 N–H and O–H groups in total. The number of pyridine rings is 1. The summed E-state index contributed by atoms with van der Waals surface area (Å²) in [5.74, 6) is -0.568. The first kappa shape index (κ1) is 22.5. The standard InChI is InChI=1S/C24H20FN5O4S/c1-26-24(31)22-18-10-17(15-6-9-21-28-27-13-30(21)12-15)19(29(2)35(3,32)33)11-20(18)34-23(22)14-4-7-16(25)8-5-14/h4-13H,1-3H3,(H,26,31). The summed E-state index contributed by atoms with van der Waals surface area (Å²) < 4.78 is 47.4. The van der Waals surface area contributed by atoms with E-state index in [9.17, 15) is 17.6 Å². The smallest absolute Gasteiger partial charge is 0.255 e. The highest BCUT2D eigenvalue weighted by atomic mass is 32.2. The lowest BCUT2D eigenvalue weighted by Crippen LogP contribution is -2.25. The van der Waals surface area contributed by atoms with Crippen molar-refractivity contribution in [3.05, 3.63) is 72.4 Å². The van der Waals surface area contributed by atoms with E-state index in [-0.39, 0.29) is 11.3 Å². The summed E-state index contributed by atoms with van der Waals surface area (Å²) >= 11 is 0. The predicted octanol–water partition coefficient (Wildman–Crippen LogP) is 3.70. The minimum atomic E-state index is -3.63. The highest BCUT2D eigenvalue weighted by Crippen LogP contribution is 2.41. The summed E-state index contributed by atoms with van der Waals surface area (Å²) in [5.41, 5.74) is 3.29. The molecule has 0 fully saturated rings. The predicted molar refractivity (Wildman–Crippen MR) is 130 cm³/mol. The number of halogens is 1. The van der Waals surface area contributed by atoms with Crippen LogP contribution in [0.1, 0.15) is 10.4 Å². The molecule has 0 aliphatic rings. The van der Waals surface area contributed by atoms with Crippen molar-refractivity contribution >= 4 is 38.2 Å². The lowest BCUT2D eigenvalue weighted by molar-refractivity contribution is 0.0964. The van der Waals surface area contributed by atoms with Crippen LogP contribution >= 0.6 is 0 Å². The zero-order chi connectivity index (χ0) is 24.9. The molecule has 0 saturated heterocycles. The van der Waals surface area contributed by atoms with Crippen molar-refractivity contribution in [2.24, 2.45) is 0 Å². The third-order valence-electron chi connectivity index (χ3n) is 5.81. The van der Waals surface area contributed by atoms with Crippen LogP contribution < -0.4 is 9.62 Å². The lowest BCUT2D eigenvalue weighted by Gasteiger charge is -2.20. The third kappa shape index (κ3) is 3.89. The van der Waals surface area contributed by atoms with Gasteiger partial charge >= 0.3 is 0 Å². The first-order chi connectivity index (χ1) is 16.7. The summed E-state index contributed by atoms with van der Waals surface area (Å²) in [7, 11) is -0.681. The molecular formula is C24H20FN5O4S. The van der Waals surface area contributed by atoms with E-state index in [4.69, 9.17) is 4.42 Å². The maximum atomic E-state index is 13.5. The Labute approximate surface area is 199 Å². The van der Waals surface area contributed by atoms with Gasteiger partial charge in [-0.15, -0.1) is 10.2 Å². The van der Waals surface area contributed by atoms with E-state index in [1.54, 1.807) is 34.9 Å². The fourth-order valence-corrected chi connectivity index (χ4v) is 4.45. The van der Waals surface area contributed by atoms with Crippen molar-refractivity contribution in [3.63, 3.8) is 0 Å². The number of nitrogens with one attached hydrogen (secondary N) is 1. The summed E-state index contributed by atoms with van der Waals surface area (Å²) in [4.78, 5) is 12.9. The number of furan rings is 1. The molecule has 3 heterocycles. The van der Waals surface area contributed by atoms with Crippen molar-refractivity contribution in [2.45, 2.75) is 0 Å². The zero-order valence-electron chi connectivity index (χ0n) is 19.0. The molecule has 0 unspecified atom stereocenters. The molecule has 0 bridgehead atoms. The Morgan fingerprint density at radius 3 is 2.51 bits per heavy atom. The average Bonchev–Trinajstić information content (AvgIpc) is 3.45. The van der Waals surface area contributed by atoms with Gasteiger partial charge in [0.05, 0.1) is 17.5 Å². The molecule has 35 heavy (non-hydrogen) atoms. The summed E-state index contributed by atoms with van der Waals surface area (Å²) in [5, 5.41) is 11.0. The Hall–Kier alpha value is -4.25. The van der Waals surface area contributed by atoms with E-state index in [1.807, 2.05) is 0 Å². The summed E-state index contributed by atoms with van der Waals surface area (Å²) in [6, 6.07) is 12.5. The van der Waals surface area contributed by atoms with Crippen LogP contribution in [0.25, 0.3) is 39.1 Å². The van der Waals surface area contributed by atoms with Crippen LogP contribution in [0, 0.1) is 5.82 Å². The summed E-state index contributed by atoms with van der Waals surface area (Å²) in [6.07, 6.45) is 4.42. The Balaban J connectivity index is 1.84. The van der Waals surface area contributed by atoms with E-state index in [0.717, 1.165) is 10.6 Å². The number of hydrogen-bond donors (Lipinski definition) is 1. The molecule has 9 nitrogen and oxygen atoms in total. The first-order valence-electron chi connectivity index (χ1n) is 10.5. The fourth-order valence-electron chi connectivity index (χ4n) is 3.94. The number of sulfonamides is 1. The number of anilines is 1. The molecule has 0 aliphatic heterocycles. The maximum Gasteiger partial charge on any atom is 0.255 e. The van der Waals surface area contributed by atoms with Gasteiger partial charge in [0.15, 0.2) is 5.65 Å². The molecule has 5 aromatic rings. The maximum absolute atomic E-state index is 13.5. The Morgan fingerprint density at radius 1 is 1.11 bits per heavy atom. The summed E-state index contributed by atoms with van der Waals surface area (Å²) in [6.45, 7) is 0.